The van der Waals surface area contributed by atoms with Crippen molar-refractivity contribution in [3.63, 3.8) is 0 Å². The van der Waals surface area contributed by atoms with Gasteiger partial charge in [-0.25, -0.2) is 8.42 Å². The fourth-order valence-electron chi connectivity index (χ4n) is 2.79. The highest BCUT2D eigenvalue weighted by molar-refractivity contribution is 7.91. The Hall–Kier alpha value is -2.36. The Balaban J connectivity index is 1.89. The number of carbonyl (C=O) groups is 1. The van der Waals surface area contributed by atoms with E-state index in [9.17, 15) is 26.4 Å². The smallest absolute Gasteiger partial charge is 0.344 e. The van der Waals surface area contributed by atoms with Crippen LogP contribution >= 0.6 is 0 Å². The molecule has 134 valence electrons. The predicted molar refractivity (Wildman–Crippen MR) is 81.5 cm³/mol. The zero-order valence-electron chi connectivity index (χ0n) is 13.0. The molecule has 0 radical (unpaired) electrons. The quantitative estimate of drug-likeness (QED) is 0.874. The van der Waals surface area contributed by atoms with Crippen molar-refractivity contribution in [3.8, 4) is 0 Å². The lowest BCUT2D eigenvalue weighted by Gasteiger charge is -2.26. The van der Waals surface area contributed by atoms with E-state index in [0.717, 1.165) is 4.68 Å². The van der Waals surface area contributed by atoms with Crippen LogP contribution in [0.4, 0.5) is 13.2 Å². The minimum atomic E-state index is -4.65. The lowest BCUT2D eigenvalue weighted by molar-refractivity contribution is -0.141. The number of benzene rings is 1. The third kappa shape index (κ3) is 3.26. The molecule has 3 rings (SSSR count). The minimum Gasteiger partial charge on any atom is -0.344 e. The molecule has 1 aliphatic heterocycles. The lowest BCUT2D eigenvalue weighted by Crippen LogP contribution is -2.34. The fraction of sp³-hybridized carbons (Fsp3) is 0.333. The van der Waals surface area contributed by atoms with Gasteiger partial charge in [0.25, 0.3) is 5.91 Å². The summed E-state index contributed by atoms with van der Waals surface area (Å²) in [5.74, 6) is -0.890. The maximum Gasteiger partial charge on any atom is 0.435 e. The van der Waals surface area contributed by atoms with Crippen LogP contribution in [0.3, 0.4) is 0 Å². The van der Waals surface area contributed by atoms with E-state index < -0.39 is 33.7 Å². The largest absolute Gasteiger partial charge is 0.435 e. The van der Waals surface area contributed by atoms with Crippen LogP contribution in [0.5, 0.6) is 0 Å². The molecular formula is C15H14F3N3O3S. The average Bonchev–Trinajstić information content (AvgIpc) is 2.93. The molecule has 1 atom stereocenters. The number of halogens is 3. The topological polar surface area (TPSA) is 81.1 Å². The third-order valence-electron chi connectivity index (χ3n) is 4.01. The standard InChI is InChI=1S/C15H14F3N3O3S/c1-21-11(8-13(20-21)15(16,17)18)14(22)19-10-6-7-25(23,24)12-5-3-2-4-9(10)12/h2-5,8,10H,6-7H2,1H3,(H,19,22). The van der Waals surface area contributed by atoms with Gasteiger partial charge < -0.3 is 5.32 Å². The SMILES string of the molecule is Cn1nc(C(F)(F)F)cc1C(=O)NC1CCS(=O)(=O)c2ccccc21. The van der Waals surface area contributed by atoms with Crippen molar-refractivity contribution in [3.05, 3.63) is 47.3 Å². The Morgan fingerprint density at radius 1 is 1.32 bits per heavy atom. The summed E-state index contributed by atoms with van der Waals surface area (Å²) in [5, 5.41) is 5.90. The van der Waals surface area contributed by atoms with Crippen LogP contribution in [0.15, 0.2) is 35.2 Å². The van der Waals surface area contributed by atoms with Gasteiger partial charge in [-0.15, -0.1) is 0 Å². The molecule has 1 aliphatic rings. The number of carbonyl (C=O) groups excluding carboxylic acids is 1. The molecule has 2 heterocycles. The van der Waals surface area contributed by atoms with Crippen molar-refractivity contribution in [2.24, 2.45) is 7.05 Å². The molecular weight excluding hydrogens is 359 g/mol. The molecule has 0 aliphatic carbocycles. The summed E-state index contributed by atoms with van der Waals surface area (Å²) in [5.41, 5.74) is -0.981. The molecule has 0 saturated heterocycles. The first-order valence-electron chi connectivity index (χ1n) is 7.33. The van der Waals surface area contributed by atoms with Gasteiger partial charge in [0.15, 0.2) is 15.5 Å². The second-order valence-electron chi connectivity index (χ2n) is 5.71. The monoisotopic (exact) mass is 373 g/mol. The molecule has 1 aromatic heterocycles. The summed E-state index contributed by atoms with van der Waals surface area (Å²) in [4.78, 5) is 12.5. The fourth-order valence-corrected chi connectivity index (χ4v) is 4.41. The molecule has 10 heteroatoms. The van der Waals surface area contributed by atoms with Gasteiger partial charge in [0, 0.05) is 13.1 Å². The summed E-state index contributed by atoms with van der Waals surface area (Å²) in [6, 6.07) is 6.33. The van der Waals surface area contributed by atoms with E-state index >= 15 is 0 Å². The first kappa shape index (κ1) is 17.5. The summed E-state index contributed by atoms with van der Waals surface area (Å²) in [7, 11) is -2.18. The highest BCUT2D eigenvalue weighted by atomic mass is 32.2. The Bertz CT molecular complexity index is 935. The zero-order chi connectivity index (χ0) is 18.4. The number of hydrogen-bond acceptors (Lipinski definition) is 4. The van der Waals surface area contributed by atoms with Gasteiger partial charge in [-0.3, -0.25) is 9.48 Å². The second-order valence-corrected chi connectivity index (χ2v) is 7.79. The molecule has 0 bridgehead atoms. The normalized spacial score (nSPS) is 19.3. The van der Waals surface area contributed by atoms with Crippen LogP contribution < -0.4 is 5.32 Å². The van der Waals surface area contributed by atoms with Crippen LogP contribution in [0.25, 0.3) is 0 Å². The highest BCUT2D eigenvalue weighted by Gasteiger charge is 2.36. The van der Waals surface area contributed by atoms with Crippen LogP contribution in [-0.4, -0.2) is 29.9 Å². The molecule has 1 aromatic carbocycles. The molecule has 0 fully saturated rings. The lowest BCUT2D eigenvalue weighted by atomic mass is 10.0. The summed E-state index contributed by atoms with van der Waals surface area (Å²) in [6.07, 6.45) is -4.50. The molecule has 6 nitrogen and oxygen atoms in total. The van der Waals surface area contributed by atoms with Crippen molar-refractivity contribution < 1.29 is 26.4 Å². The number of alkyl halides is 3. The number of amides is 1. The maximum absolute atomic E-state index is 12.7. The number of fused-ring (bicyclic) bond motifs is 1. The summed E-state index contributed by atoms with van der Waals surface area (Å²) in [6.45, 7) is 0. The molecule has 1 N–H and O–H groups in total. The minimum absolute atomic E-state index is 0.132. The Kier molecular flexibility index (Phi) is 4.10. The first-order valence-corrected chi connectivity index (χ1v) is 8.98. The van der Waals surface area contributed by atoms with Crippen LogP contribution in [0.2, 0.25) is 0 Å². The van der Waals surface area contributed by atoms with E-state index in [1.165, 1.54) is 13.1 Å². The molecule has 2 aromatic rings. The van der Waals surface area contributed by atoms with Crippen molar-refractivity contribution in [1.29, 1.82) is 0 Å². The van der Waals surface area contributed by atoms with E-state index in [1.54, 1.807) is 18.2 Å². The van der Waals surface area contributed by atoms with E-state index in [-0.39, 0.29) is 22.8 Å². The van der Waals surface area contributed by atoms with Gasteiger partial charge in [-0.1, -0.05) is 18.2 Å². The van der Waals surface area contributed by atoms with E-state index in [2.05, 4.69) is 10.4 Å². The van der Waals surface area contributed by atoms with Crippen LogP contribution in [0, 0.1) is 0 Å². The average molecular weight is 373 g/mol. The number of sulfone groups is 1. The summed E-state index contributed by atoms with van der Waals surface area (Å²) < 4.78 is 63.2. The van der Waals surface area contributed by atoms with Crippen LogP contribution in [-0.2, 0) is 23.1 Å². The number of nitrogens with one attached hydrogen (secondary N) is 1. The van der Waals surface area contributed by atoms with Crippen molar-refractivity contribution in [2.75, 3.05) is 5.75 Å². The van der Waals surface area contributed by atoms with Gasteiger partial charge in [0.2, 0.25) is 0 Å². The Labute approximate surface area is 141 Å². The zero-order valence-corrected chi connectivity index (χ0v) is 13.9. The Morgan fingerprint density at radius 3 is 2.64 bits per heavy atom. The number of aryl methyl sites for hydroxylation is 1. The molecule has 0 spiro atoms. The number of rotatable bonds is 2. The van der Waals surface area contributed by atoms with Gasteiger partial charge in [-0.2, -0.15) is 18.3 Å². The number of hydrogen-bond donors (Lipinski definition) is 1. The van der Waals surface area contributed by atoms with Gasteiger partial charge >= 0.3 is 6.18 Å². The van der Waals surface area contributed by atoms with Crippen molar-refractivity contribution >= 4 is 15.7 Å². The van der Waals surface area contributed by atoms with E-state index in [1.807, 2.05) is 0 Å². The van der Waals surface area contributed by atoms with Crippen LogP contribution in [0.1, 0.15) is 34.2 Å². The molecule has 25 heavy (non-hydrogen) atoms. The molecule has 0 saturated carbocycles. The van der Waals surface area contributed by atoms with E-state index in [0.29, 0.717) is 11.6 Å². The third-order valence-corrected chi connectivity index (χ3v) is 5.83. The van der Waals surface area contributed by atoms with Gasteiger partial charge in [0.1, 0.15) is 5.69 Å². The first-order chi connectivity index (χ1) is 11.6. The number of nitrogens with zero attached hydrogens (tertiary/aromatic N) is 2. The number of aromatic nitrogens is 2. The predicted octanol–water partition coefficient (Wildman–Crippen LogP) is 2.09. The van der Waals surface area contributed by atoms with E-state index in [4.69, 9.17) is 0 Å². The van der Waals surface area contributed by atoms with Gasteiger partial charge in [-0.05, 0) is 18.1 Å². The second kappa shape index (κ2) is 5.87. The van der Waals surface area contributed by atoms with Crippen molar-refractivity contribution in [1.82, 2.24) is 15.1 Å². The Morgan fingerprint density at radius 2 is 2.00 bits per heavy atom. The summed E-state index contributed by atoms with van der Waals surface area (Å²) >= 11 is 0. The highest BCUT2D eigenvalue weighted by Crippen LogP contribution is 2.32. The molecule has 1 amide bonds. The van der Waals surface area contributed by atoms with Gasteiger partial charge in [0.05, 0.1) is 16.7 Å². The maximum atomic E-state index is 12.7. The van der Waals surface area contributed by atoms with Crippen molar-refractivity contribution in [2.45, 2.75) is 23.5 Å². The molecule has 1 unspecified atom stereocenters.